The number of fused-ring (bicyclic) bond motifs is 1. The number of hydrogen-bond donors (Lipinski definition) is 1. The van der Waals surface area contributed by atoms with Gasteiger partial charge in [-0.2, -0.15) is 0 Å². The van der Waals surface area contributed by atoms with Crippen molar-refractivity contribution in [1.82, 2.24) is 4.90 Å². The molecular weight excluding hydrogens is 246 g/mol. The topological polar surface area (TPSA) is 23.5 Å². The summed E-state index contributed by atoms with van der Waals surface area (Å²) in [5.74, 6) is 10.8. The second-order valence-corrected chi connectivity index (χ2v) is 4.57. The van der Waals surface area contributed by atoms with E-state index in [2.05, 4.69) is 71.0 Å². The van der Waals surface area contributed by atoms with Gasteiger partial charge < -0.3 is 5.11 Å². The third-order valence-electron chi connectivity index (χ3n) is 2.99. The Morgan fingerprint density at radius 2 is 1.75 bits per heavy atom. The predicted molar refractivity (Wildman–Crippen MR) is 82.9 cm³/mol. The van der Waals surface area contributed by atoms with Crippen LogP contribution in [0.5, 0.6) is 0 Å². The van der Waals surface area contributed by atoms with E-state index in [0.717, 1.165) is 6.54 Å². The predicted octanol–water partition coefficient (Wildman–Crippen LogP) is 2.27. The number of hydrogen-bond acceptors (Lipinski definition) is 2. The number of nitrogens with zero attached hydrogens (tertiary/aromatic N) is 1. The van der Waals surface area contributed by atoms with Gasteiger partial charge in [0.05, 0.1) is 6.54 Å². The van der Waals surface area contributed by atoms with Crippen molar-refractivity contribution in [3.8, 4) is 23.7 Å². The molecule has 2 aromatic rings. The van der Waals surface area contributed by atoms with Crippen molar-refractivity contribution in [2.45, 2.75) is 6.54 Å². The Balaban J connectivity index is 2.06. The molecule has 100 valence electrons. The average Bonchev–Trinajstić information content (AvgIpc) is 2.47. The zero-order valence-electron chi connectivity index (χ0n) is 11.6. The minimum Gasteiger partial charge on any atom is -0.384 e. The molecule has 0 bridgehead atoms. The van der Waals surface area contributed by atoms with Gasteiger partial charge in [0.2, 0.25) is 0 Å². The summed E-state index contributed by atoms with van der Waals surface area (Å²) >= 11 is 0. The van der Waals surface area contributed by atoms with E-state index in [1.165, 1.54) is 16.3 Å². The molecule has 0 saturated heterocycles. The van der Waals surface area contributed by atoms with E-state index in [1.807, 2.05) is 7.05 Å². The van der Waals surface area contributed by atoms with Crippen LogP contribution < -0.4 is 0 Å². The van der Waals surface area contributed by atoms with Crippen molar-refractivity contribution in [3.05, 3.63) is 48.0 Å². The highest BCUT2D eigenvalue weighted by Gasteiger charge is 2.02. The fraction of sp³-hybridized carbons (Fsp3) is 0.222. The first kappa shape index (κ1) is 14.2. The average molecular weight is 263 g/mol. The quantitative estimate of drug-likeness (QED) is 0.859. The number of aliphatic hydroxyl groups is 1. The molecule has 0 heterocycles. The van der Waals surface area contributed by atoms with E-state index in [0.29, 0.717) is 6.54 Å². The number of rotatable bonds is 3. The highest BCUT2D eigenvalue weighted by atomic mass is 16.2. The summed E-state index contributed by atoms with van der Waals surface area (Å²) in [6.45, 7) is 1.37. The maximum absolute atomic E-state index is 8.52. The van der Waals surface area contributed by atoms with Crippen LogP contribution in [0.4, 0.5) is 0 Å². The van der Waals surface area contributed by atoms with Crippen LogP contribution in [0.15, 0.2) is 42.5 Å². The van der Waals surface area contributed by atoms with Crippen molar-refractivity contribution in [2.24, 2.45) is 0 Å². The molecular formula is C18H17NO. The lowest BCUT2D eigenvalue weighted by molar-refractivity contribution is 0.350. The SMILES string of the molecule is CN(CC#CC#CCO)Cc1cccc2ccccc12. The molecule has 0 atom stereocenters. The van der Waals surface area contributed by atoms with E-state index >= 15 is 0 Å². The fourth-order valence-electron chi connectivity index (χ4n) is 2.08. The maximum Gasteiger partial charge on any atom is 0.105 e. The second-order valence-electron chi connectivity index (χ2n) is 4.57. The van der Waals surface area contributed by atoms with Gasteiger partial charge in [-0.05, 0) is 35.2 Å². The lowest BCUT2D eigenvalue weighted by Gasteiger charge is -2.14. The Morgan fingerprint density at radius 1 is 1.00 bits per heavy atom. The van der Waals surface area contributed by atoms with E-state index in [1.54, 1.807) is 0 Å². The molecule has 0 fully saturated rings. The van der Waals surface area contributed by atoms with Gasteiger partial charge in [-0.25, -0.2) is 0 Å². The van der Waals surface area contributed by atoms with Crippen LogP contribution >= 0.6 is 0 Å². The van der Waals surface area contributed by atoms with Crippen LogP contribution in [0.2, 0.25) is 0 Å². The highest BCUT2D eigenvalue weighted by molar-refractivity contribution is 5.85. The molecule has 0 spiro atoms. The summed E-state index contributed by atoms with van der Waals surface area (Å²) in [5.41, 5.74) is 1.30. The molecule has 0 saturated carbocycles. The third kappa shape index (κ3) is 3.87. The van der Waals surface area contributed by atoms with Gasteiger partial charge in [0.1, 0.15) is 6.61 Å². The third-order valence-corrected chi connectivity index (χ3v) is 2.99. The number of benzene rings is 2. The molecule has 1 N–H and O–H groups in total. The van der Waals surface area contributed by atoms with Crippen molar-refractivity contribution >= 4 is 10.8 Å². The fourth-order valence-corrected chi connectivity index (χ4v) is 2.08. The molecule has 2 aromatic carbocycles. The highest BCUT2D eigenvalue weighted by Crippen LogP contribution is 2.19. The lowest BCUT2D eigenvalue weighted by atomic mass is 10.0. The maximum atomic E-state index is 8.52. The summed E-state index contributed by atoms with van der Waals surface area (Å²) in [6.07, 6.45) is 0. The zero-order chi connectivity index (χ0) is 14.2. The number of aliphatic hydroxyl groups excluding tert-OH is 1. The van der Waals surface area contributed by atoms with Gasteiger partial charge in [-0.3, -0.25) is 4.90 Å². The Labute approximate surface area is 120 Å². The summed E-state index contributed by atoms with van der Waals surface area (Å²) in [7, 11) is 2.04. The largest absolute Gasteiger partial charge is 0.384 e. The van der Waals surface area contributed by atoms with Gasteiger partial charge in [-0.1, -0.05) is 54.3 Å². The summed E-state index contributed by atoms with van der Waals surface area (Å²) < 4.78 is 0. The second kappa shape index (κ2) is 7.36. The minimum absolute atomic E-state index is 0.138. The van der Waals surface area contributed by atoms with E-state index < -0.39 is 0 Å². The molecule has 2 rings (SSSR count). The van der Waals surface area contributed by atoms with Crippen molar-refractivity contribution in [1.29, 1.82) is 0 Å². The summed E-state index contributed by atoms with van der Waals surface area (Å²) in [4.78, 5) is 2.15. The smallest absolute Gasteiger partial charge is 0.105 e. The summed E-state index contributed by atoms with van der Waals surface area (Å²) in [5, 5.41) is 11.1. The molecule has 0 aliphatic rings. The molecule has 0 aliphatic carbocycles. The van der Waals surface area contributed by atoms with Crippen LogP contribution in [-0.2, 0) is 6.54 Å². The first-order valence-corrected chi connectivity index (χ1v) is 6.53. The zero-order valence-corrected chi connectivity index (χ0v) is 11.6. The van der Waals surface area contributed by atoms with E-state index in [-0.39, 0.29) is 6.61 Å². The van der Waals surface area contributed by atoms with E-state index in [9.17, 15) is 0 Å². The minimum atomic E-state index is -0.138. The van der Waals surface area contributed by atoms with Crippen molar-refractivity contribution < 1.29 is 5.11 Å². The standard InChI is InChI=1S/C18H17NO/c1-19(13-6-2-3-7-14-20)15-17-11-8-10-16-9-4-5-12-18(16)17/h4-5,8-12,20H,13-15H2,1H3. The van der Waals surface area contributed by atoms with Crippen LogP contribution in [-0.4, -0.2) is 30.2 Å². The van der Waals surface area contributed by atoms with Gasteiger partial charge in [0, 0.05) is 6.54 Å². The van der Waals surface area contributed by atoms with Crippen LogP contribution in [0.3, 0.4) is 0 Å². The first-order valence-electron chi connectivity index (χ1n) is 6.53. The molecule has 0 unspecified atom stereocenters. The molecule has 0 aromatic heterocycles. The molecule has 2 nitrogen and oxygen atoms in total. The first-order chi connectivity index (χ1) is 9.81. The molecule has 0 aliphatic heterocycles. The van der Waals surface area contributed by atoms with Crippen LogP contribution in [0.1, 0.15) is 5.56 Å². The van der Waals surface area contributed by atoms with Crippen LogP contribution in [0, 0.1) is 23.7 Å². The normalized spacial score (nSPS) is 9.75. The Morgan fingerprint density at radius 3 is 2.60 bits per heavy atom. The monoisotopic (exact) mass is 263 g/mol. The Kier molecular flexibility index (Phi) is 5.21. The molecule has 0 amide bonds. The molecule has 2 heteroatoms. The summed E-state index contributed by atoms with van der Waals surface area (Å²) in [6, 6.07) is 14.8. The van der Waals surface area contributed by atoms with Gasteiger partial charge >= 0.3 is 0 Å². The van der Waals surface area contributed by atoms with Gasteiger partial charge in [0.15, 0.2) is 0 Å². The lowest BCUT2D eigenvalue weighted by Crippen LogP contribution is -2.18. The van der Waals surface area contributed by atoms with E-state index in [4.69, 9.17) is 5.11 Å². The molecule has 0 radical (unpaired) electrons. The van der Waals surface area contributed by atoms with Crippen LogP contribution in [0.25, 0.3) is 10.8 Å². The Bertz CT molecular complexity index is 692. The molecule has 20 heavy (non-hydrogen) atoms. The van der Waals surface area contributed by atoms with Gasteiger partial charge in [-0.15, -0.1) is 0 Å². The van der Waals surface area contributed by atoms with Crippen molar-refractivity contribution in [2.75, 3.05) is 20.2 Å². The van der Waals surface area contributed by atoms with Gasteiger partial charge in [0.25, 0.3) is 0 Å². The Hall–Kier alpha value is -2.26. The van der Waals surface area contributed by atoms with Crippen molar-refractivity contribution in [3.63, 3.8) is 0 Å².